The van der Waals surface area contributed by atoms with Crippen molar-refractivity contribution in [3.05, 3.63) is 39.9 Å². The molecule has 20 heavy (non-hydrogen) atoms. The van der Waals surface area contributed by atoms with Crippen molar-refractivity contribution in [2.45, 2.75) is 33.4 Å². The van der Waals surface area contributed by atoms with Gasteiger partial charge in [0, 0.05) is 31.8 Å². The molecule has 0 radical (unpaired) electrons. The van der Waals surface area contributed by atoms with E-state index in [9.17, 15) is 14.9 Å². The first kappa shape index (κ1) is 16.1. The highest BCUT2D eigenvalue weighted by Gasteiger charge is 2.17. The third kappa shape index (κ3) is 4.31. The Bertz CT molecular complexity index is 455. The molecule has 1 atom stereocenters. The van der Waals surface area contributed by atoms with Gasteiger partial charge in [0.1, 0.15) is 0 Å². The molecule has 1 aromatic carbocycles. The molecular formula is C14H21N3O3. The molecule has 0 heterocycles. The van der Waals surface area contributed by atoms with Crippen LogP contribution in [0, 0.1) is 10.1 Å². The normalized spacial score (nSPS) is 11.9. The maximum atomic E-state index is 12.0. The second-order valence-electron chi connectivity index (χ2n) is 4.54. The fourth-order valence-electron chi connectivity index (χ4n) is 1.90. The number of rotatable bonds is 7. The molecule has 6 heteroatoms. The van der Waals surface area contributed by atoms with E-state index in [4.69, 9.17) is 0 Å². The van der Waals surface area contributed by atoms with Crippen LogP contribution in [0.2, 0.25) is 0 Å². The van der Waals surface area contributed by atoms with Gasteiger partial charge in [-0.2, -0.15) is 0 Å². The van der Waals surface area contributed by atoms with Crippen LogP contribution >= 0.6 is 0 Å². The van der Waals surface area contributed by atoms with Crippen molar-refractivity contribution < 1.29 is 9.72 Å². The number of benzene rings is 1. The third-order valence-corrected chi connectivity index (χ3v) is 3.21. The Morgan fingerprint density at radius 3 is 2.30 bits per heavy atom. The average Bonchev–Trinajstić information content (AvgIpc) is 2.46. The lowest BCUT2D eigenvalue weighted by Crippen LogP contribution is -2.44. The third-order valence-electron chi connectivity index (χ3n) is 3.21. The van der Waals surface area contributed by atoms with Gasteiger partial charge in [-0.25, -0.2) is 0 Å². The van der Waals surface area contributed by atoms with Crippen LogP contribution in [0.15, 0.2) is 24.3 Å². The van der Waals surface area contributed by atoms with Crippen LogP contribution in [-0.4, -0.2) is 34.9 Å². The fraction of sp³-hybridized carbons (Fsp3) is 0.500. The van der Waals surface area contributed by atoms with E-state index in [1.165, 1.54) is 12.1 Å². The number of nitrogens with one attached hydrogen (secondary N) is 1. The number of non-ortho nitro benzene ring substituents is 1. The quantitative estimate of drug-likeness (QED) is 0.611. The Labute approximate surface area is 118 Å². The number of hydrogen-bond donors (Lipinski definition) is 1. The Kier molecular flexibility index (Phi) is 6.11. The van der Waals surface area contributed by atoms with Gasteiger partial charge in [0.05, 0.1) is 11.0 Å². The zero-order chi connectivity index (χ0) is 15.1. The standard InChI is InChI=1S/C14H21N3O3/c1-4-16(5-2)14(18)11(3)15-10-12-6-8-13(9-7-12)17(19)20/h6-9,11,15H,4-5,10H2,1-3H3. The number of carbonyl (C=O) groups is 1. The van der Waals surface area contributed by atoms with Crippen molar-refractivity contribution in [1.29, 1.82) is 0 Å². The minimum atomic E-state index is -0.427. The SMILES string of the molecule is CCN(CC)C(=O)C(C)NCc1ccc([N+](=O)[O-])cc1. The number of hydrogen-bond acceptors (Lipinski definition) is 4. The summed E-state index contributed by atoms with van der Waals surface area (Å²) in [4.78, 5) is 23.9. The first-order chi connectivity index (χ1) is 9.49. The Hall–Kier alpha value is -1.95. The highest BCUT2D eigenvalue weighted by Crippen LogP contribution is 2.11. The number of likely N-dealkylation sites (N-methyl/N-ethyl adjacent to an activating group) is 1. The predicted molar refractivity (Wildman–Crippen MR) is 77.3 cm³/mol. The van der Waals surface area contributed by atoms with E-state index in [-0.39, 0.29) is 17.6 Å². The molecule has 1 amide bonds. The molecule has 0 saturated carbocycles. The van der Waals surface area contributed by atoms with Crippen molar-refractivity contribution in [2.24, 2.45) is 0 Å². The first-order valence-electron chi connectivity index (χ1n) is 6.75. The molecule has 0 aliphatic rings. The second-order valence-corrected chi connectivity index (χ2v) is 4.54. The molecular weight excluding hydrogens is 258 g/mol. The summed E-state index contributed by atoms with van der Waals surface area (Å²) in [7, 11) is 0. The predicted octanol–water partition coefficient (Wildman–Crippen LogP) is 1.94. The molecule has 0 fully saturated rings. The van der Waals surface area contributed by atoms with E-state index in [0.29, 0.717) is 19.6 Å². The molecule has 0 spiro atoms. The van der Waals surface area contributed by atoms with Gasteiger partial charge in [0.25, 0.3) is 5.69 Å². The molecule has 0 bridgehead atoms. The van der Waals surface area contributed by atoms with Crippen molar-refractivity contribution in [3.8, 4) is 0 Å². The molecule has 0 aromatic heterocycles. The second kappa shape index (κ2) is 7.59. The average molecular weight is 279 g/mol. The van der Waals surface area contributed by atoms with Gasteiger partial charge in [-0.15, -0.1) is 0 Å². The molecule has 0 aliphatic heterocycles. The number of nitrogens with zero attached hydrogens (tertiary/aromatic N) is 2. The van der Waals surface area contributed by atoms with Crippen LogP contribution in [0.25, 0.3) is 0 Å². The molecule has 0 saturated heterocycles. The number of amides is 1. The van der Waals surface area contributed by atoms with E-state index < -0.39 is 4.92 Å². The largest absolute Gasteiger partial charge is 0.342 e. The minimum Gasteiger partial charge on any atom is -0.342 e. The smallest absolute Gasteiger partial charge is 0.269 e. The van der Waals surface area contributed by atoms with E-state index in [1.807, 2.05) is 20.8 Å². The van der Waals surface area contributed by atoms with E-state index in [2.05, 4.69) is 5.32 Å². The Balaban J connectivity index is 2.54. The maximum absolute atomic E-state index is 12.0. The van der Waals surface area contributed by atoms with Crippen LogP contribution in [-0.2, 0) is 11.3 Å². The van der Waals surface area contributed by atoms with Gasteiger partial charge < -0.3 is 10.2 Å². The van der Waals surface area contributed by atoms with Gasteiger partial charge in [-0.3, -0.25) is 14.9 Å². The van der Waals surface area contributed by atoms with Gasteiger partial charge >= 0.3 is 0 Å². The lowest BCUT2D eigenvalue weighted by Gasteiger charge is -2.23. The Morgan fingerprint density at radius 1 is 1.30 bits per heavy atom. The maximum Gasteiger partial charge on any atom is 0.269 e. The summed E-state index contributed by atoms with van der Waals surface area (Å²) in [5.74, 6) is 0.0666. The van der Waals surface area contributed by atoms with E-state index in [0.717, 1.165) is 5.56 Å². The fourth-order valence-corrected chi connectivity index (χ4v) is 1.90. The van der Waals surface area contributed by atoms with E-state index >= 15 is 0 Å². The van der Waals surface area contributed by atoms with Crippen LogP contribution in [0.3, 0.4) is 0 Å². The lowest BCUT2D eigenvalue weighted by atomic mass is 10.2. The summed E-state index contributed by atoms with van der Waals surface area (Å²) in [5, 5.41) is 13.7. The highest BCUT2D eigenvalue weighted by atomic mass is 16.6. The Morgan fingerprint density at radius 2 is 1.85 bits per heavy atom. The van der Waals surface area contributed by atoms with Gasteiger partial charge in [0.15, 0.2) is 0 Å². The number of nitro groups is 1. The van der Waals surface area contributed by atoms with Crippen LogP contribution in [0.4, 0.5) is 5.69 Å². The summed E-state index contributed by atoms with van der Waals surface area (Å²) in [6.07, 6.45) is 0. The van der Waals surface area contributed by atoms with E-state index in [1.54, 1.807) is 17.0 Å². The molecule has 1 rings (SSSR count). The number of carbonyl (C=O) groups excluding carboxylic acids is 1. The molecule has 110 valence electrons. The monoisotopic (exact) mass is 279 g/mol. The van der Waals surface area contributed by atoms with Crippen LogP contribution in [0.1, 0.15) is 26.3 Å². The lowest BCUT2D eigenvalue weighted by molar-refractivity contribution is -0.384. The highest BCUT2D eigenvalue weighted by molar-refractivity contribution is 5.81. The summed E-state index contributed by atoms with van der Waals surface area (Å²) in [6, 6.07) is 6.05. The number of nitro benzene ring substituents is 1. The zero-order valence-electron chi connectivity index (χ0n) is 12.1. The van der Waals surface area contributed by atoms with Crippen molar-refractivity contribution in [1.82, 2.24) is 10.2 Å². The molecule has 1 N–H and O–H groups in total. The summed E-state index contributed by atoms with van der Waals surface area (Å²) in [5.41, 5.74) is 0.982. The van der Waals surface area contributed by atoms with Crippen molar-refractivity contribution >= 4 is 11.6 Å². The van der Waals surface area contributed by atoms with Gasteiger partial charge in [-0.1, -0.05) is 12.1 Å². The minimum absolute atomic E-state index is 0.0666. The van der Waals surface area contributed by atoms with Crippen molar-refractivity contribution in [2.75, 3.05) is 13.1 Å². The molecule has 6 nitrogen and oxygen atoms in total. The van der Waals surface area contributed by atoms with Gasteiger partial charge in [0.2, 0.25) is 5.91 Å². The van der Waals surface area contributed by atoms with Gasteiger partial charge in [-0.05, 0) is 26.3 Å². The summed E-state index contributed by atoms with van der Waals surface area (Å²) >= 11 is 0. The first-order valence-corrected chi connectivity index (χ1v) is 6.75. The summed E-state index contributed by atoms with van der Waals surface area (Å²) < 4.78 is 0. The topological polar surface area (TPSA) is 75.5 Å². The summed E-state index contributed by atoms with van der Waals surface area (Å²) in [6.45, 7) is 7.62. The molecule has 0 aliphatic carbocycles. The van der Waals surface area contributed by atoms with Crippen LogP contribution < -0.4 is 5.32 Å². The molecule has 1 aromatic rings. The zero-order valence-corrected chi connectivity index (χ0v) is 12.1. The molecule has 1 unspecified atom stereocenters. The van der Waals surface area contributed by atoms with Crippen molar-refractivity contribution in [3.63, 3.8) is 0 Å². The van der Waals surface area contributed by atoms with Crippen LogP contribution in [0.5, 0.6) is 0 Å².